The molecule has 5 nitrogen and oxygen atoms in total. The van der Waals surface area contributed by atoms with Crippen LogP contribution < -0.4 is 4.90 Å². The van der Waals surface area contributed by atoms with E-state index in [0.717, 1.165) is 28.7 Å². The van der Waals surface area contributed by atoms with Gasteiger partial charge in [0.1, 0.15) is 5.52 Å². The number of aryl methyl sites for hydroxylation is 1. The van der Waals surface area contributed by atoms with E-state index in [4.69, 9.17) is 9.15 Å². The molecule has 0 fully saturated rings. The van der Waals surface area contributed by atoms with Crippen molar-refractivity contribution >= 4 is 17.1 Å². The average molecular weight is 304 g/mol. The maximum atomic E-state index is 9.66. The molecule has 2 rings (SSSR count). The monoisotopic (exact) mass is 304 g/mol. The summed E-state index contributed by atoms with van der Waals surface area (Å²) >= 11 is 0. The summed E-state index contributed by atoms with van der Waals surface area (Å²) in [6.07, 6.45) is 2.71. The van der Waals surface area contributed by atoms with Gasteiger partial charge in [0.15, 0.2) is 11.9 Å². The van der Waals surface area contributed by atoms with E-state index in [1.165, 1.54) is 7.11 Å². The van der Waals surface area contributed by atoms with E-state index in [9.17, 15) is 5.11 Å². The van der Waals surface area contributed by atoms with Crippen molar-refractivity contribution in [3.05, 3.63) is 35.4 Å². The Hall–Kier alpha value is -1.85. The molecular weight excluding hydrogens is 280 g/mol. The summed E-state index contributed by atoms with van der Waals surface area (Å²) in [5.41, 5.74) is 3.90. The number of allylic oxidation sites excluding steroid dienone is 1. The van der Waals surface area contributed by atoms with Crippen molar-refractivity contribution in [3.8, 4) is 0 Å². The second-order valence-electron chi connectivity index (χ2n) is 5.49. The van der Waals surface area contributed by atoms with Crippen molar-refractivity contribution in [2.75, 3.05) is 25.6 Å². The van der Waals surface area contributed by atoms with Gasteiger partial charge in [-0.3, -0.25) is 0 Å². The molecule has 0 bridgehead atoms. The van der Waals surface area contributed by atoms with Crippen molar-refractivity contribution in [1.82, 2.24) is 4.98 Å². The van der Waals surface area contributed by atoms with Crippen LogP contribution in [0.5, 0.6) is 0 Å². The molecule has 1 aromatic heterocycles. The van der Waals surface area contributed by atoms with E-state index < -0.39 is 6.29 Å². The van der Waals surface area contributed by atoms with Crippen molar-refractivity contribution in [2.24, 2.45) is 0 Å². The minimum atomic E-state index is -0.780. The van der Waals surface area contributed by atoms with Crippen molar-refractivity contribution < 1.29 is 14.3 Å². The van der Waals surface area contributed by atoms with Crippen LogP contribution in [0.4, 0.5) is 6.01 Å². The highest BCUT2D eigenvalue weighted by Crippen LogP contribution is 2.23. The quantitative estimate of drug-likeness (QED) is 0.628. The Morgan fingerprint density at radius 1 is 1.50 bits per heavy atom. The third kappa shape index (κ3) is 4.08. The van der Waals surface area contributed by atoms with E-state index >= 15 is 0 Å². The van der Waals surface area contributed by atoms with Crippen LogP contribution in [0.3, 0.4) is 0 Å². The predicted octanol–water partition coefficient (Wildman–Crippen LogP) is 3.26. The molecule has 0 spiro atoms. The number of aromatic nitrogens is 1. The fourth-order valence-electron chi connectivity index (χ4n) is 2.37. The van der Waals surface area contributed by atoms with Crippen molar-refractivity contribution in [2.45, 2.75) is 33.0 Å². The Balaban J connectivity index is 2.14. The van der Waals surface area contributed by atoms with Crippen LogP contribution >= 0.6 is 0 Å². The van der Waals surface area contributed by atoms with E-state index in [1.54, 1.807) is 0 Å². The third-order valence-corrected chi connectivity index (χ3v) is 3.50. The second-order valence-corrected chi connectivity index (χ2v) is 5.49. The SMILES string of the molecule is CC/C=C(\CC(O)OC)CN(C)c1nc2cc(C)ccc2o1. The number of likely N-dealkylation sites (N-methyl/N-ethyl adjacent to an activating group) is 1. The van der Waals surface area contributed by atoms with E-state index in [2.05, 4.69) is 18.0 Å². The third-order valence-electron chi connectivity index (χ3n) is 3.50. The highest BCUT2D eigenvalue weighted by atomic mass is 16.6. The highest BCUT2D eigenvalue weighted by molar-refractivity contribution is 5.75. The second kappa shape index (κ2) is 7.42. The molecule has 1 aromatic carbocycles. The predicted molar refractivity (Wildman–Crippen MR) is 88.0 cm³/mol. The molecule has 0 aliphatic heterocycles. The fourth-order valence-corrected chi connectivity index (χ4v) is 2.37. The van der Waals surface area contributed by atoms with Crippen LogP contribution in [0.2, 0.25) is 0 Å². The number of methoxy groups -OCH3 is 1. The minimum absolute atomic E-state index is 0.480. The molecule has 0 saturated carbocycles. The molecule has 0 saturated heterocycles. The standard InChI is InChI=1S/C17H24N2O3/c1-5-6-13(10-16(20)21-4)11-19(3)17-18-14-9-12(2)7-8-15(14)22-17/h6-9,16,20H,5,10-11H2,1-4H3/b13-6+. The minimum Gasteiger partial charge on any atom is -0.423 e. The molecule has 0 aliphatic rings. The molecule has 1 N–H and O–H groups in total. The molecule has 1 atom stereocenters. The molecule has 5 heteroatoms. The Kier molecular flexibility index (Phi) is 5.57. The summed E-state index contributed by atoms with van der Waals surface area (Å²) in [5, 5.41) is 9.66. The normalized spacial score (nSPS) is 13.6. The summed E-state index contributed by atoms with van der Waals surface area (Å²) in [6.45, 7) is 4.74. The average Bonchev–Trinajstić information content (AvgIpc) is 2.90. The maximum Gasteiger partial charge on any atom is 0.298 e. The lowest BCUT2D eigenvalue weighted by atomic mass is 10.1. The first-order valence-corrected chi connectivity index (χ1v) is 7.50. The molecule has 2 aromatic rings. The van der Waals surface area contributed by atoms with Gasteiger partial charge in [-0.25, -0.2) is 0 Å². The van der Waals surface area contributed by atoms with Gasteiger partial charge in [-0.2, -0.15) is 4.98 Å². The number of anilines is 1. The zero-order valence-electron chi connectivity index (χ0n) is 13.7. The number of benzene rings is 1. The van der Waals surface area contributed by atoms with Crippen LogP contribution in [-0.2, 0) is 4.74 Å². The Labute approximate surface area is 131 Å². The number of ether oxygens (including phenoxy) is 1. The topological polar surface area (TPSA) is 58.7 Å². The van der Waals surface area contributed by atoms with Crippen LogP contribution in [-0.4, -0.2) is 37.1 Å². The van der Waals surface area contributed by atoms with Gasteiger partial charge >= 0.3 is 0 Å². The van der Waals surface area contributed by atoms with Gasteiger partial charge in [0, 0.05) is 27.1 Å². The first kappa shape index (κ1) is 16.5. The Morgan fingerprint density at radius 2 is 2.27 bits per heavy atom. The number of oxazole rings is 1. The molecule has 120 valence electrons. The lowest BCUT2D eigenvalue weighted by molar-refractivity contribution is -0.0721. The van der Waals surface area contributed by atoms with E-state index in [0.29, 0.717) is 19.0 Å². The number of aliphatic hydroxyl groups excluding tert-OH is 1. The zero-order chi connectivity index (χ0) is 16.1. The number of aliphatic hydroxyl groups is 1. The summed E-state index contributed by atoms with van der Waals surface area (Å²) < 4.78 is 10.7. The molecule has 0 aliphatic carbocycles. The van der Waals surface area contributed by atoms with E-state index in [1.807, 2.05) is 37.1 Å². The van der Waals surface area contributed by atoms with Crippen LogP contribution in [0.15, 0.2) is 34.3 Å². The number of fused-ring (bicyclic) bond motifs is 1. The molecular formula is C17H24N2O3. The Morgan fingerprint density at radius 3 is 2.95 bits per heavy atom. The van der Waals surface area contributed by atoms with Crippen LogP contribution in [0, 0.1) is 6.92 Å². The highest BCUT2D eigenvalue weighted by Gasteiger charge is 2.14. The van der Waals surface area contributed by atoms with Gasteiger partial charge in [-0.15, -0.1) is 0 Å². The lowest BCUT2D eigenvalue weighted by Crippen LogP contribution is -2.23. The number of nitrogens with zero attached hydrogens (tertiary/aromatic N) is 2. The number of hydrogen-bond donors (Lipinski definition) is 1. The molecule has 0 amide bonds. The summed E-state index contributed by atoms with van der Waals surface area (Å²) in [6, 6.07) is 6.53. The lowest BCUT2D eigenvalue weighted by Gasteiger charge is -2.18. The van der Waals surface area contributed by atoms with Crippen LogP contribution in [0.1, 0.15) is 25.3 Å². The molecule has 0 radical (unpaired) electrons. The fraction of sp³-hybridized carbons (Fsp3) is 0.471. The number of hydrogen-bond acceptors (Lipinski definition) is 5. The van der Waals surface area contributed by atoms with Crippen molar-refractivity contribution in [3.63, 3.8) is 0 Å². The van der Waals surface area contributed by atoms with Crippen molar-refractivity contribution in [1.29, 1.82) is 0 Å². The summed E-state index contributed by atoms with van der Waals surface area (Å²) in [5.74, 6) is 0. The van der Waals surface area contributed by atoms with Gasteiger partial charge in [-0.1, -0.05) is 19.1 Å². The largest absolute Gasteiger partial charge is 0.423 e. The summed E-state index contributed by atoms with van der Waals surface area (Å²) in [4.78, 5) is 6.47. The molecule has 1 heterocycles. The zero-order valence-corrected chi connectivity index (χ0v) is 13.7. The van der Waals surface area contributed by atoms with E-state index in [-0.39, 0.29) is 0 Å². The van der Waals surface area contributed by atoms with Gasteiger partial charge in [0.05, 0.1) is 0 Å². The smallest absolute Gasteiger partial charge is 0.298 e. The number of rotatable bonds is 7. The molecule has 22 heavy (non-hydrogen) atoms. The van der Waals surface area contributed by atoms with Gasteiger partial charge in [-0.05, 0) is 36.6 Å². The van der Waals surface area contributed by atoms with Gasteiger partial charge < -0.3 is 19.2 Å². The maximum absolute atomic E-state index is 9.66. The Bertz CT molecular complexity index is 648. The van der Waals surface area contributed by atoms with Gasteiger partial charge in [0.25, 0.3) is 6.01 Å². The molecule has 1 unspecified atom stereocenters. The van der Waals surface area contributed by atoms with Gasteiger partial charge in [0.2, 0.25) is 0 Å². The first-order chi connectivity index (χ1) is 10.5. The first-order valence-electron chi connectivity index (χ1n) is 7.50. The summed E-state index contributed by atoms with van der Waals surface area (Å²) in [7, 11) is 3.43. The van der Waals surface area contributed by atoms with Crippen LogP contribution in [0.25, 0.3) is 11.1 Å².